The number of hydrogen-bond donors (Lipinski definition) is 0. The first kappa shape index (κ1) is 15.7. The molecule has 0 aliphatic heterocycles. The Morgan fingerprint density at radius 3 is 2.42 bits per heavy atom. The average Bonchev–Trinajstić information content (AvgIpc) is 3.03. The monoisotopic (exact) mass is 324 g/mol. The van der Waals surface area contributed by atoms with E-state index in [-0.39, 0.29) is 0 Å². The van der Waals surface area contributed by atoms with Crippen LogP contribution in [0.2, 0.25) is 0 Å². The highest BCUT2D eigenvalue weighted by atomic mass is 16.6. The van der Waals surface area contributed by atoms with Crippen LogP contribution in [0.1, 0.15) is 5.76 Å². The SMILES string of the molecule is COc1ccccc1OC(=O)/C=C/c1cc2cccc(OC)c2o1. The molecule has 3 rings (SSSR count). The van der Waals surface area contributed by atoms with Crippen molar-refractivity contribution in [3.8, 4) is 17.2 Å². The van der Waals surface area contributed by atoms with Crippen LogP contribution >= 0.6 is 0 Å². The summed E-state index contributed by atoms with van der Waals surface area (Å²) in [5, 5.41) is 0.895. The molecule has 1 heterocycles. The summed E-state index contributed by atoms with van der Waals surface area (Å²) in [6.45, 7) is 0. The van der Waals surface area contributed by atoms with Crippen LogP contribution in [0, 0.1) is 0 Å². The molecule has 0 spiro atoms. The third kappa shape index (κ3) is 3.25. The quantitative estimate of drug-likeness (QED) is 0.402. The molecule has 0 saturated heterocycles. The number of furan rings is 1. The van der Waals surface area contributed by atoms with Crippen LogP contribution in [0.3, 0.4) is 0 Å². The van der Waals surface area contributed by atoms with Crippen molar-refractivity contribution in [2.24, 2.45) is 0 Å². The zero-order valence-corrected chi connectivity index (χ0v) is 13.3. The second kappa shape index (κ2) is 6.91. The van der Waals surface area contributed by atoms with Gasteiger partial charge in [-0.2, -0.15) is 0 Å². The van der Waals surface area contributed by atoms with E-state index in [2.05, 4.69) is 0 Å². The molecule has 0 amide bonds. The lowest BCUT2D eigenvalue weighted by molar-refractivity contribution is -0.129. The standard InChI is InChI=1S/C19H16O5/c1-21-15-7-3-4-8-16(15)24-18(20)11-10-14-12-13-6-5-9-17(22-2)19(13)23-14/h3-12H,1-2H3/b11-10+. The molecular weight excluding hydrogens is 308 g/mol. The van der Waals surface area contributed by atoms with Crippen molar-refractivity contribution in [1.82, 2.24) is 0 Å². The summed E-state index contributed by atoms with van der Waals surface area (Å²) in [7, 11) is 3.10. The van der Waals surface area contributed by atoms with E-state index in [1.807, 2.05) is 24.3 Å². The molecule has 24 heavy (non-hydrogen) atoms. The molecule has 1 aromatic heterocycles. The topological polar surface area (TPSA) is 57.9 Å². The lowest BCUT2D eigenvalue weighted by Crippen LogP contribution is -2.04. The number of benzene rings is 2. The van der Waals surface area contributed by atoms with Gasteiger partial charge in [0, 0.05) is 11.5 Å². The minimum atomic E-state index is -0.521. The van der Waals surface area contributed by atoms with Gasteiger partial charge in [-0.05, 0) is 30.3 Å². The van der Waals surface area contributed by atoms with Crippen LogP contribution < -0.4 is 14.2 Å². The van der Waals surface area contributed by atoms with Gasteiger partial charge < -0.3 is 18.6 Å². The maximum absolute atomic E-state index is 12.0. The predicted molar refractivity (Wildman–Crippen MR) is 90.4 cm³/mol. The molecule has 3 aromatic rings. The summed E-state index contributed by atoms with van der Waals surface area (Å²) in [5.41, 5.74) is 0.637. The Morgan fingerprint density at radius 1 is 0.958 bits per heavy atom. The Balaban J connectivity index is 1.77. The van der Waals surface area contributed by atoms with Crippen molar-refractivity contribution < 1.29 is 23.4 Å². The summed E-state index contributed by atoms with van der Waals surface area (Å²) in [6.07, 6.45) is 2.85. The fourth-order valence-electron chi connectivity index (χ4n) is 2.29. The van der Waals surface area contributed by atoms with Gasteiger partial charge in [-0.25, -0.2) is 4.79 Å². The normalized spacial score (nSPS) is 10.9. The second-order valence-corrected chi connectivity index (χ2v) is 4.93. The van der Waals surface area contributed by atoms with Crippen molar-refractivity contribution in [3.05, 3.63) is 60.4 Å². The zero-order chi connectivity index (χ0) is 16.9. The molecule has 0 aliphatic rings. The highest BCUT2D eigenvalue weighted by Gasteiger charge is 2.09. The van der Waals surface area contributed by atoms with Crippen molar-refractivity contribution in [1.29, 1.82) is 0 Å². The number of ether oxygens (including phenoxy) is 3. The minimum absolute atomic E-state index is 0.362. The molecule has 0 saturated carbocycles. The largest absolute Gasteiger partial charge is 0.493 e. The molecule has 0 fully saturated rings. The third-order valence-corrected chi connectivity index (χ3v) is 3.41. The van der Waals surface area contributed by atoms with Gasteiger partial charge in [0.2, 0.25) is 0 Å². The van der Waals surface area contributed by atoms with Crippen LogP contribution in [-0.4, -0.2) is 20.2 Å². The zero-order valence-electron chi connectivity index (χ0n) is 13.3. The van der Waals surface area contributed by atoms with Crippen LogP contribution in [0.15, 0.2) is 59.0 Å². The number of carbonyl (C=O) groups is 1. The molecule has 0 aliphatic carbocycles. The maximum atomic E-state index is 12.0. The Hall–Kier alpha value is -3.21. The smallest absolute Gasteiger partial charge is 0.336 e. The van der Waals surface area contributed by atoms with Crippen molar-refractivity contribution in [3.63, 3.8) is 0 Å². The fraction of sp³-hybridized carbons (Fsp3) is 0.105. The lowest BCUT2D eigenvalue weighted by Gasteiger charge is -2.06. The molecular formula is C19H16O5. The summed E-state index contributed by atoms with van der Waals surface area (Å²) < 4.78 is 21.3. The van der Waals surface area contributed by atoms with Crippen LogP contribution in [0.4, 0.5) is 0 Å². The first-order valence-electron chi connectivity index (χ1n) is 7.30. The number of rotatable bonds is 5. The molecule has 0 radical (unpaired) electrons. The van der Waals surface area contributed by atoms with Gasteiger partial charge in [0.05, 0.1) is 14.2 Å². The van der Waals surface area contributed by atoms with Gasteiger partial charge >= 0.3 is 5.97 Å². The van der Waals surface area contributed by atoms with Gasteiger partial charge in [-0.1, -0.05) is 24.3 Å². The van der Waals surface area contributed by atoms with Crippen LogP contribution in [0.5, 0.6) is 17.2 Å². The van der Waals surface area contributed by atoms with Gasteiger partial charge in [0.1, 0.15) is 5.76 Å². The van der Waals surface area contributed by atoms with E-state index in [0.717, 1.165) is 5.39 Å². The number of methoxy groups -OCH3 is 2. The second-order valence-electron chi connectivity index (χ2n) is 4.93. The van der Waals surface area contributed by atoms with Crippen LogP contribution in [0.25, 0.3) is 17.0 Å². The number of esters is 1. The van der Waals surface area contributed by atoms with Crippen molar-refractivity contribution in [2.45, 2.75) is 0 Å². The number of para-hydroxylation sites is 3. The fourth-order valence-corrected chi connectivity index (χ4v) is 2.29. The van der Waals surface area contributed by atoms with Gasteiger partial charge in [-0.15, -0.1) is 0 Å². The molecule has 5 nitrogen and oxygen atoms in total. The van der Waals surface area contributed by atoms with E-state index in [1.165, 1.54) is 13.2 Å². The van der Waals surface area contributed by atoms with E-state index in [4.69, 9.17) is 18.6 Å². The molecule has 0 bridgehead atoms. The van der Waals surface area contributed by atoms with E-state index >= 15 is 0 Å². The van der Waals surface area contributed by atoms with E-state index in [9.17, 15) is 4.79 Å². The van der Waals surface area contributed by atoms with E-state index < -0.39 is 5.97 Å². The molecule has 122 valence electrons. The summed E-state index contributed by atoms with van der Waals surface area (Å²) in [5.74, 6) is 1.51. The number of fused-ring (bicyclic) bond motifs is 1. The van der Waals surface area contributed by atoms with Crippen molar-refractivity contribution in [2.75, 3.05) is 14.2 Å². The molecule has 0 atom stereocenters. The summed E-state index contributed by atoms with van der Waals surface area (Å²) in [4.78, 5) is 12.0. The average molecular weight is 324 g/mol. The number of hydrogen-bond acceptors (Lipinski definition) is 5. The Kier molecular flexibility index (Phi) is 4.52. The molecule has 2 aromatic carbocycles. The van der Waals surface area contributed by atoms with Crippen LogP contribution in [-0.2, 0) is 4.79 Å². The Labute approximate surface area is 139 Å². The maximum Gasteiger partial charge on any atom is 0.336 e. The molecule has 0 unspecified atom stereocenters. The highest BCUT2D eigenvalue weighted by molar-refractivity contribution is 5.90. The van der Waals surface area contributed by atoms with E-state index in [1.54, 1.807) is 37.5 Å². The minimum Gasteiger partial charge on any atom is -0.493 e. The third-order valence-electron chi connectivity index (χ3n) is 3.41. The van der Waals surface area contributed by atoms with Gasteiger partial charge in [0.25, 0.3) is 0 Å². The first-order chi connectivity index (χ1) is 11.7. The Bertz CT molecular complexity index is 892. The van der Waals surface area contributed by atoms with Crippen molar-refractivity contribution >= 4 is 23.0 Å². The summed E-state index contributed by atoms with van der Waals surface area (Å²) >= 11 is 0. The summed E-state index contributed by atoms with van der Waals surface area (Å²) in [6, 6.07) is 14.4. The predicted octanol–water partition coefficient (Wildman–Crippen LogP) is 4.07. The number of carbonyl (C=O) groups excluding carboxylic acids is 1. The highest BCUT2D eigenvalue weighted by Crippen LogP contribution is 2.29. The molecule has 5 heteroatoms. The van der Waals surface area contributed by atoms with Gasteiger partial charge in [0.15, 0.2) is 22.8 Å². The van der Waals surface area contributed by atoms with E-state index in [0.29, 0.717) is 28.6 Å². The first-order valence-corrected chi connectivity index (χ1v) is 7.30. The lowest BCUT2D eigenvalue weighted by atomic mass is 10.2. The molecule has 0 N–H and O–H groups in total. The Morgan fingerprint density at radius 2 is 1.67 bits per heavy atom. The van der Waals surface area contributed by atoms with Gasteiger partial charge in [-0.3, -0.25) is 0 Å².